The Bertz CT molecular complexity index is 204. The molecular weight excluding hydrogens is 176 g/mol. The molecule has 0 heterocycles. The lowest BCUT2D eigenvalue weighted by molar-refractivity contribution is -0.140. The van der Waals surface area contributed by atoms with E-state index in [1.54, 1.807) is 6.08 Å². The monoisotopic (exact) mass is 196 g/mol. The van der Waals surface area contributed by atoms with E-state index < -0.39 is 5.97 Å². The van der Waals surface area contributed by atoms with Gasteiger partial charge in [0.1, 0.15) is 0 Å². The number of allylic oxidation sites excluding steroid dienone is 3. The van der Waals surface area contributed by atoms with Crippen molar-refractivity contribution in [2.24, 2.45) is 5.92 Å². The van der Waals surface area contributed by atoms with E-state index in [0.717, 1.165) is 19.3 Å². The molecule has 1 atom stereocenters. The molecule has 0 aliphatic carbocycles. The number of carboxylic acids is 1. The van der Waals surface area contributed by atoms with E-state index in [1.807, 2.05) is 13.0 Å². The van der Waals surface area contributed by atoms with Gasteiger partial charge in [-0.3, -0.25) is 4.79 Å². The molecular formula is C12H20O2. The van der Waals surface area contributed by atoms with Crippen molar-refractivity contribution in [3.8, 4) is 0 Å². The summed E-state index contributed by atoms with van der Waals surface area (Å²) in [5, 5.41) is 8.88. The summed E-state index contributed by atoms with van der Waals surface area (Å²) in [6, 6.07) is 0. The molecule has 0 spiro atoms. The van der Waals surface area contributed by atoms with E-state index in [4.69, 9.17) is 5.11 Å². The molecule has 0 saturated carbocycles. The summed E-state index contributed by atoms with van der Waals surface area (Å²) in [4.78, 5) is 10.8. The molecule has 0 saturated heterocycles. The van der Waals surface area contributed by atoms with E-state index in [-0.39, 0.29) is 5.92 Å². The fourth-order valence-electron chi connectivity index (χ4n) is 1.16. The highest BCUT2D eigenvalue weighted by Gasteiger charge is 2.11. The normalized spacial score (nSPS) is 13.9. The first-order chi connectivity index (χ1) is 6.72. The Morgan fingerprint density at radius 3 is 2.36 bits per heavy atom. The van der Waals surface area contributed by atoms with Crippen LogP contribution in [0.25, 0.3) is 0 Å². The zero-order chi connectivity index (χ0) is 10.8. The maximum absolute atomic E-state index is 10.8. The molecule has 1 N–H and O–H groups in total. The maximum Gasteiger partial charge on any atom is 0.310 e. The van der Waals surface area contributed by atoms with Crippen LogP contribution in [0.15, 0.2) is 24.3 Å². The van der Waals surface area contributed by atoms with E-state index in [1.165, 1.54) is 0 Å². The Balaban J connectivity index is 3.91. The Hall–Kier alpha value is -1.05. The molecule has 2 nitrogen and oxygen atoms in total. The molecule has 0 radical (unpaired) electrons. The number of carbonyl (C=O) groups is 1. The molecule has 0 amide bonds. The largest absolute Gasteiger partial charge is 0.481 e. The summed E-state index contributed by atoms with van der Waals surface area (Å²) in [5.74, 6) is -1.05. The van der Waals surface area contributed by atoms with Crippen LogP contribution >= 0.6 is 0 Å². The zero-order valence-electron chi connectivity index (χ0n) is 9.07. The van der Waals surface area contributed by atoms with Crippen LogP contribution in [0, 0.1) is 5.92 Å². The summed E-state index contributed by atoms with van der Waals surface area (Å²) in [7, 11) is 0. The molecule has 14 heavy (non-hydrogen) atoms. The van der Waals surface area contributed by atoms with Crippen molar-refractivity contribution in [1.29, 1.82) is 0 Å². The van der Waals surface area contributed by atoms with Crippen molar-refractivity contribution >= 4 is 5.97 Å². The van der Waals surface area contributed by atoms with Crippen LogP contribution in [-0.2, 0) is 4.79 Å². The Labute approximate surface area is 86.3 Å². The number of aliphatic carboxylic acids is 1. The summed E-state index contributed by atoms with van der Waals surface area (Å²) in [5.41, 5.74) is 0. The third-order valence-electron chi connectivity index (χ3n) is 1.97. The second-order valence-electron chi connectivity index (χ2n) is 3.24. The molecule has 0 aromatic carbocycles. The fraction of sp³-hybridized carbons (Fsp3) is 0.583. The van der Waals surface area contributed by atoms with Crippen LogP contribution in [0.2, 0.25) is 0 Å². The van der Waals surface area contributed by atoms with Crippen molar-refractivity contribution in [3.05, 3.63) is 24.3 Å². The van der Waals surface area contributed by atoms with Crippen molar-refractivity contribution in [1.82, 2.24) is 0 Å². The van der Waals surface area contributed by atoms with Crippen molar-refractivity contribution < 1.29 is 9.90 Å². The van der Waals surface area contributed by atoms with Crippen molar-refractivity contribution in [2.45, 2.75) is 39.5 Å². The lowest BCUT2D eigenvalue weighted by Crippen LogP contribution is -2.10. The average Bonchev–Trinajstić information content (AvgIpc) is 2.16. The first-order valence-corrected chi connectivity index (χ1v) is 5.26. The zero-order valence-corrected chi connectivity index (χ0v) is 9.07. The van der Waals surface area contributed by atoms with E-state index in [2.05, 4.69) is 19.1 Å². The quantitative estimate of drug-likeness (QED) is 0.634. The van der Waals surface area contributed by atoms with Crippen LogP contribution in [-0.4, -0.2) is 11.1 Å². The third-order valence-corrected chi connectivity index (χ3v) is 1.97. The second-order valence-corrected chi connectivity index (χ2v) is 3.24. The highest BCUT2D eigenvalue weighted by molar-refractivity contribution is 5.72. The van der Waals surface area contributed by atoms with Gasteiger partial charge in [-0.05, 0) is 25.7 Å². The van der Waals surface area contributed by atoms with Crippen LogP contribution in [0.3, 0.4) is 0 Å². The molecule has 0 bridgehead atoms. The van der Waals surface area contributed by atoms with Gasteiger partial charge < -0.3 is 5.11 Å². The fourth-order valence-corrected chi connectivity index (χ4v) is 1.16. The van der Waals surface area contributed by atoms with E-state index >= 15 is 0 Å². The average molecular weight is 196 g/mol. The molecule has 0 aromatic heterocycles. The molecule has 0 aliphatic rings. The number of rotatable bonds is 7. The summed E-state index contributed by atoms with van der Waals surface area (Å²) < 4.78 is 0. The van der Waals surface area contributed by atoms with Gasteiger partial charge in [-0.1, -0.05) is 38.2 Å². The first-order valence-electron chi connectivity index (χ1n) is 5.26. The van der Waals surface area contributed by atoms with Gasteiger partial charge >= 0.3 is 5.97 Å². The topological polar surface area (TPSA) is 37.3 Å². The predicted octanol–water partition coefficient (Wildman–Crippen LogP) is 3.40. The van der Waals surface area contributed by atoms with Crippen molar-refractivity contribution in [3.63, 3.8) is 0 Å². The highest BCUT2D eigenvalue weighted by Crippen LogP contribution is 2.10. The number of hydrogen-bond donors (Lipinski definition) is 1. The smallest absolute Gasteiger partial charge is 0.310 e. The first kappa shape index (κ1) is 12.9. The van der Waals surface area contributed by atoms with Gasteiger partial charge in [0.05, 0.1) is 5.92 Å². The summed E-state index contributed by atoms with van der Waals surface area (Å²) in [6.45, 7) is 4.08. The number of carboxylic acid groups (broad SMARTS) is 1. The van der Waals surface area contributed by atoms with E-state index in [9.17, 15) is 4.79 Å². The van der Waals surface area contributed by atoms with Gasteiger partial charge in [-0.15, -0.1) is 0 Å². The molecule has 0 aromatic rings. The lowest BCUT2D eigenvalue weighted by Gasteiger charge is -2.04. The van der Waals surface area contributed by atoms with Gasteiger partial charge in [0.15, 0.2) is 0 Å². The minimum atomic E-state index is -0.723. The molecule has 0 aliphatic heterocycles. The minimum Gasteiger partial charge on any atom is -0.481 e. The van der Waals surface area contributed by atoms with Crippen LogP contribution < -0.4 is 0 Å². The molecule has 2 heteroatoms. The lowest BCUT2D eigenvalue weighted by atomic mass is 10.0. The van der Waals surface area contributed by atoms with Crippen LogP contribution in [0.5, 0.6) is 0 Å². The Morgan fingerprint density at radius 2 is 1.86 bits per heavy atom. The summed E-state index contributed by atoms with van der Waals surface area (Å²) in [6.07, 6.45) is 11.3. The second kappa shape index (κ2) is 8.54. The molecule has 0 fully saturated rings. The summed E-state index contributed by atoms with van der Waals surface area (Å²) >= 11 is 0. The van der Waals surface area contributed by atoms with Gasteiger partial charge in [0.2, 0.25) is 0 Å². The third kappa shape index (κ3) is 6.46. The Morgan fingerprint density at radius 1 is 1.21 bits per heavy atom. The minimum absolute atomic E-state index is 0.323. The Kier molecular flexibility index (Phi) is 7.90. The van der Waals surface area contributed by atoms with E-state index in [0.29, 0.717) is 6.42 Å². The maximum atomic E-state index is 10.8. The van der Waals surface area contributed by atoms with Crippen molar-refractivity contribution in [2.75, 3.05) is 0 Å². The van der Waals surface area contributed by atoms with Gasteiger partial charge in [0.25, 0.3) is 0 Å². The molecule has 1 unspecified atom stereocenters. The standard InChI is InChI=1S/C12H20O2/c1-3-5-7-8-10-11(12(13)14)9-6-4-2/h5-7,9,11H,3-4,8,10H2,1-2H3,(H,13,14)/b7-5+,9-6+. The molecule has 0 rings (SSSR count). The van der Waals surface area contributed by atoms with Gasteiger partial charge in [-0.25, -0.2) is 0 Å². The highest BCUT2D eigenvalue weighted by atomic mass is 16.4. The van der Waals surface area contributed by atoms with Gasteiger partial charge in [-0.2, -0.15) is 0 Å². The number of hydrogen-bond acceptors (Lipinski definition) is 1. The van der Waals surface area contributed by atoms with Crippen LogP contribution in [0.4, 0.5) is 0 Å². The molecule has 80 valence electrons. The van der Waals surface area contributed by atoms with Gasteiger partial charge in [0, 0.05) is 0 Å². The van der Waals surface area contributed by atoms with Crippen LogP contribution in [0.1, 0.15) is 39.5 Å². The predicted molar refractivity (Wildman–Crippen MR) is 59.2 cm³/mol. The SMILES string of the molecule is CC/C=C/CCC(/C=C/CC)C(=O)O.